The van der Waals surface area contributed by atoms with E-state index in [1.165, 1.54) is 20.2 Å². The van der Waals surface area contributed by atoms with Gasteiger partial charge in [-0.25, -0.2) is 4.79 Å². The van der Waals surface area contributed by atoms with Crippen LogP contribution in [0.3, 0.4) is 0 Å². The number of hydrogen-bond donors (Lipinski definition) is 7. The zero-order valence-corrected chi connectivity index (χ0v) is 44.0. The number of carbonyl (C=O) groups excluding carboxylic acids is 8. The van der Waals surface area contributed by atoms with Crippen molar-refractivity contribution in [2.24, 2.45) is 23.2 Å². The zero-order chi connectivity index (χ0) is 53.1. The molecule has 1 saturated carbocycles. The Morgan fingerprint density at radius 1 is 0.861 bits per heavy atom. The maximum atomic E-state index is 14.2. The summed E-state index contributed by atoms with van der Waals surface area (Å²) in [6.45, 7) is 14.6. The molecule has 2 aromatic rings. The predicted molar refractivity (Wildman–Crippen MR) is 270 cm³/mol. The van der Waals surface area contributed by atoms with E-state index in [2.05, 4.69) is 37.2 Å². The average Bonchev–Trinajstić information content (AvgIpc) is 4.28. The topological polar surface area (TPSA) is 252 Å². The summed E-state index contributed by atoms with van der Waals surface area (Å²) in [4.78, 5) is 106. The number of esters is 1. The lowest BCUT2D eigenvalue weighted by atomic mass is 9.80. The minimum Gasteiger partial charge on any atom is -0.495 e. The number of halogens is 1. The van der Waals surface area contributed by atoms with E-state index in [4.69, 9.17) is 25.8 Å². The van der Waals surface area contributed by atoms with Crippen LogP contribution in [0.1, 0.15) is 123 Å². The fourth-order valence-electron chi connectivity index (χ4n) is 8.86. The van der Waals surface area contributed by atoms with Crippen LogP contribution in [-0.2, 0) is 60.8 Å². The summed E-state index contributed by atoms with van der Waals surface area (Å²) in [5, 5.41) is 20.0. The molecule has 2 aliphatic heterocycles. The molecule has 1 spiro atoms. The van der Waals surface area contributed by atoms with Crippen LogP contribution in [0.5, 0.6) is 5.75 Å². The first-order valence-electron chi connectivity index (χ1n) is 24.9. The van der Waals surface area contributed by atoms with Gasteiger partial charge in [0.1, 0.15) is 42.1 Å². The molecular weight excluding hydrogens is 946 g/mol. The maximum Gasteiger partial charge on any atom is 0.328 e. The van der Waals surface area contributed by atoms with Gasteiger partial charge in [0.25, 0.3) is 0 Å². The Labute approximate surface area is 428 Å². The predicted octanol–water partition coefficient (Wildman–Crippen LogP) is 4.41. The van der Waals surface area contributed by atoms with E-state index in [0.717, 1.165) is 11.1 Å². The molecule has 0 radical (unpaired) electrons. The van der Waals surface area contributed by atoms with Crippen molar-refractivity contribution in [1.29, 1.82) is 0 Å². The monoisotopic (exact) mass is 1020 g/mol. The van der Waals surface area contributed by atoms with E-state index in [1.54, 1.807) is 58.9 Å². The first-order valence-corrected chi connectivity index (χ1v) is 25.3. The zero-order valence-electron chi connectivity index (χ0n) is 43.2. The van der Waals surface area contributed by atoms with Crippen molar-refractivity contribution in [1.82, 2.24) is 37.2 Å². The molecule has 3 aliphatic rings. The number of carbonyl (C=O) groups is 8. The van der Waals surface area contributed by atoms with Gasteiger partial charge in [-0.05, 0) is 93.2 Å². The van der Waals surface area contributed by atoms with E-state index < -0.39 is 76.7 Å². The highest BCUT2D eigenvalue weighted by molar-refractivity contribution is 6.32. The summed E-state index contributed by atoms with van der Waals surface area (Å²) in [5.41, 5.74) is 0.252. The van der Waals surface area contributed by atoms with E-state index >= 15 is 0 Å². The molecule has 7 amide bonds. The first kappa shape index (κ1) is 56.9. The maximum absolute atomic E-state index is 14.2. The van der Waals surface area contributed by atoms with Gasteiger partial charge in [0.05, 0.1) is 29.2 Å². The largest absolute Gasteiger partial charge is 0.495 e. The third-order valence-electron chi connectivity index (χ3n) is 13.9. The highest BCUT2D eigenvalue weighted by atomic mass is 35.5. The summed E-state index contributed by atoms with van der Waals surface area (Å²) < 4.78 is 17.8. The van der Waals surface area contributed by atoms with E-state index in [1.807, 2.05) is 45.0 Å². The SMILES string of the molecule is CNC(=O)CCCC(=O)N[C@H](C(=O)N[C@@H](C)C(=O)NCc1ccc([C@H]2O[C@@H]2[C@@H](C)[C@@H]2C/C=C/C(=O)NC(Cc3ccc(OC)c(Cl)c3)C(=O)NC3(CC3)C(C)(C)C(=O)N[C@@H](CC(C)C)C(=O)O2)cc1)C(C)C. The highest BCUT2D eigenvalue weighted by Crippen LogP contribution is 2.50. The molecular formula is C53H74ClN7O11. The molecule has 5 rings (SSSR count). The second-order valence-corrected chi connectivity index (χ2v) is 21.0. The first-order chi connectivity index (χ1) is 34.0. The average molecular weight is 1020 g/mol. The Hall–Kier alpha value is -6.01. The van der Waals surface area contributed by atoms with Crippen LogP contribution >= 0.6 is 11.6 Å². The molecule has 2 fully saturated rings. The number of methoxy groups -OCH3 is 1. The molecule has 1 unspecified atom stereocenters. The minimum atomic E-state index is -1.15. The van der Waals surface area contributed by atoms with Gasteiger partial charge < -0.3 is 51.4 Å². The Morgan fingerprint density at radius 2 is 1.53 bits per heavy atom. The number of hydrogen-bond acceptors (Lipinski definition) is 11. The molecule has 7 N–H and O–H groups in total. The van der Waals surface area contributed by atoms with Crippen molar-refractivity contribution in [3.63, 3.8) is 0 Å². The lowest BCUT2D eigenvalue weighted by Crippen LogP contribution is -2.60. The highest BCUT2D eigenvalue weighted by Gasteiger charge is 2.60. The van der Waals surface area contributed by atoms with Crippen LogP contribution in [0.2, 0.25) is 5.02 Å². The molecule has 2 heterocycles. The number of cyclic esters (lactones) is 1. The molecule has 1 saturated heterocycles. The van der Waals surface area contributed by atoms with E-state index in [9.17, 15) is 38.4 Å². The second kappa shape index (κ2) is 25.1. The third-order valence-corrected chi connectivity index (χ3v) is 14.2. The van der Waals surface area contributed by atoms with Gasteiger partial charge in [-0.2, -0.15) is 0 Å². The van der Waals surface area contributed by atoms with Crippen LogP contribution in [0, 0.1) is 23.2 Å². The molecule has 8 atom stereocenters. The molecule has 19 heteroatoms. The molecule has 1 aliphatic carbocycles. The van der Waals surface area contributed by atoms with Crippen molar-refractivity contribution in [3.8, 4) is 5.75 Å². The number of nitrogens with one attached hydrogen (secondary N) is 7. The van der Waals surface area contributed by atoms with E-state index in [0.29, 0.717) is 42.0 Å². The van der Waals surface area contributed by atoms with Gasteiger partial charge >= 0.3 is 5.97 Å². The molecule has 18 nitrogen and oxygen atoms in total. The van der Waals surface area contributed by atoms with Crippen molar-refractivity contribution in [3.05, 3.63) is 76.3 Å². The van der Waals surface area contributed by atoms with Crippen molar-refractivity contribution in [2.75, 3.05) is 14.2 Å². The van der Waals surface area contributed by atoms with Crippen molar-refractivity contribution >= 4 is 58.9 Å². The lowest BCUT2D eigenvalue weighted by molar-refractivity contribution is -0.157. The Kier molecular flexibility index (Phi) is 19.8. The van der Waals surface area contributed by atoms with Gasteiger partial charge in [-0.15, -0.1) is 0 Å². The number of amides is 7. The molecule has 2 aromatic carbocycles. The fraction of sp³-hybridized carbons (Fsp3) is 0.585. The van der Waals surface area contributed by atoms with Crippen LogP contribution in [0.15, 0.2) is 54.6 Å². The molecule has 72 heavy (non-hydrogen) atoms. The number of benzene rings is 2. The van der Waals surface area contributed by atoms with Crippen molar-refractivity contribution in [2.45, 2.75) is 161 Å². The van der Waals surface area contributed by atoms with Crippen LogP contribution in [0.25, 0.3) is 0 Å². The quantitative estimate of drug-likeness (QED) is 0.0767. The summed E-state index contributed by atoms with van der Waals surface area (Å²) in [6, 6.07) is 8.84. The van der Waals surface area contributed by atoms with Gasteiger partial charge in [0.15, 0.2) is 0 Å². The normalized spacial score (nSPS) is 23.5. The summed E-state index contributed by atoms with van der Waals surface area (Å²) in [6.07, 6.45) is 3.61. The molecule has 0 bridgehead atoms. The van der Waals surface area contributed by atoms with Crippen LogP contribution < -0.4 is 42.0 Å². The number of rotatable bonds is 19. The fourth-order valence-corrected chi connectivity index (χ4v) is 9.14. The number of ether oxygens (including phenoxy) is 3. The van der Waals surface area contributed by atoms with Gasteiger partial charge in [-0.3, -0.25) is 33.6 Å². The second-order valence-electron chi connectivity index (χ2n) is 20.6. The Morgan fingerprint density at radius 3 is 2.14 bits per heavy atom. The van der Waals surface area contributed by atoms with Crippen LogP contribution in [-0.4, -0.2) is 103 Å². The smallest absolute Gasteiger partial charge is 0.328 e. The Bertz CT molecular complexity index is 2330. The number of epoxide rings is 1. The summed E-state index contributed by atoms with van der Waals surface area (Å²) in [5.74, 6) is -3.64. The van der Waals surface area contributed by atoms with Gasteiger partial charge in [-0.1, -0.05) is 82.6 Å². The van der Waals surface area contributed by atoms with Gasteiger partial charge in [0, 0.05) is 45.2 Å². The third kappa shape index (κ3) is 15.3. The minimum absolute atomic E-state index is 0.0111. The Balaban J connectivity index is 1.25. The van der Waals surface area contributed by atoms with Gasteiger partial charge in [0.2, 0.25) is 41.4 Å². The van der Waals surface area contributed by atoms with E-state index in [-0.39, 0.29) is 74.0 Å². The molecule has 394 valence electrons. The standard InChI is InChI=1S/C53H74ClN7O11/c1-29(2)25-38-50(68)71-39(13-11-15-42(63)58-37(27-34-19-22-40(70-10)36(54)26-34)48(66)61-53(23-24-53)52(7,8)51(69)59-38)31(5)45-46(72-45)35-20-17-33(18-21-35)28-56-47(65)32(6)57-49(67)44(30(3)4)60-43(64)16-12-14-41(62)55-9/h11,15,17-22,26,29-32,37-39,44-46H,12-14,16,23-25,27-28H2,1-10H3,(H,55,62)(H,56,65)(H,57,67)(H,58,63)(H,59,69)(H,60,64)(H,61,66)/b15-11+/t31-,32-,37?,38-,39-,44-,45+,46+/m0/s1. The van der Waals surface area contributed by atoms with Crippen molar-refractivity contribution < 1.29 is 52.6 Å². The lowest BCUT2D eigenvalue weighted by Gasteiger charge is -2.36. The van der Waals surface area contributed by atoms with Crippen LogP contribution in [0.4, 0.5) is 0 Å². The summed E-state index contributed by atoms with van der Waals surface area (Å²) in [7, 11) is 3.02. The summed E-state index contributed by atoms with van der Waals surface area (Å²) >= 11 is 6.43. The molecule has 0 aromatic heterocycles.